The summed E-state index contributed by atoms with van der Waals surface area (Å²) in [5.41, 5.74) is 2.43. The van der Waals surface area contributed by atoms with E-state index in [4.69, 9.17) is 9.47 Å². The fourth-order valence-corrected chi connectivity index (χ4v) is 5.10. The van der Waals surface area contributed by atoms with E-state index in [9.17, 15) is 9.59 Å². The molecule has 2 aromatic rings. The Kier molecular flexibility index (Phi) is 9.32. The van der Waals surface area contributed by atoms with Gasteiger partial charge in [0.1, 0.15) is 12.4 Å². The summed E-state index contributed by atoms with van der Waals surface area (Å²) in [6.07, 6.45) is 1.93. The molecule has 1 atom stereocenters. The van der Waals surface area contributed by atoms with E-state index in [-0.39, 0.29) is 24.4 Å². The monoisotopic (exact) mass is 472 g/mol. The first-order valence-electron chi connectivity index (χ1n) is 11.8. The van der Waals surface area contributed by atoms with Gasteiger partial charge in [0.15, 0.2) is 0 Å². The third-order valence-corrected chi connectivity index (χ3v) is 7.12. The van der Waals surface area contributed by atoms with E-state index >= 15 is 0 Å². The molecule has 2 heterocycles. The molecule has 1 aromatic heterocycles. The summed E-state index contributed by atoms with van der Waals surface area (Å²) < 4.78 is 11.3. The van der Waals surface area contributed by atoms with E-state index in [1.54, 1.807) is 23.3 Å². The summed E-state index contributed by atoms with van der Waals surface area (Å²) in [7, 11) is 1.64. The first-order valence-corrected chi connectivity index (χ1v) is 12.7. The molecule has 3 rings (SSSR count). The van der Waals surface area contributed by atoms with Gasteiger partial charge in [-0.3, -0.25) is 9.59 Å². The SMILES string of the molecule is CCC(=O)N(CCCOC)CC(=O)N1CCc2sccc2[C@H]1COc1ccc(C(C)C)cc1. The van der Waals surface area contributed by atoms with Crippen LogP contribution >= 0.6 is 11.3 Å². The number of thiophene rings is 1. The van der Waals surface area contributed by atoms with Crippen molar-refractivity contribution in [3.05, 3.63) is 51.7 Å². The van der Waals surface area contributed by atoms with Crippen molar-refractivity contribution >= 4 is 23.2 Å². The highest BCUT2D eigenvalue weighted by Crippen LogP contribution is 2.34. The molecule has 0 aliphatic carbocycles. The van der Waals surface area contributed by atoms with Gasteiger partial charge in [0.05, 0.1) is 12.6 Å². The molecule has 7 heteroatoms. The summed E-state index contributed by atoms with van der Waals surface area (Å²) in [5.74, 6) is 1.23. The minimum Gasteiger partial charge on any atom is -0.491 e. The van der Waals surface area contributed by atoms with Gasteiger partial charge in [-0.1, -0.05) is 32.9 Å². The second kappa shape index (κ2) is 12.2. The Morgan fingerprint density at radius 2 is 1.97 bits per heavy atom. The van der Waals surface area contributed by atoms with Gasteiger partial charge in [0.2, 0.25) is 11.8 Å². The van der Waals surface area contributed by atoms with Crippen molar-refractivity contribution in [2.24, 2.45) is 0 Å². The molecule has 180 valence electrons. The summed E-state index contributed by atoms with van der Waals surface area (Å²) in [6, 6.07) is 10.1. The van der Waals surface area contributed by atoms with Crippen LogP contribution in [0.25, 0.3) is 0 Å². The number of carbonyl (C=O) groups excluding carboxylic acids is 2. The topological polar surface area (TPSA) is 59.1 Å². The van der Waals surface area contributed by atoms with Crippen molar-refractivity contribution in [2.75, 3.05) is 40.0 Å². The number of methoxy groups -OCH3 is 1. The van der Waals surface area contributed by atoms with Crippen LogP contribution in [0.2, 0.25) is 0 Å². The van der Waals surface area contributed by atoms with Crippen LogP contribution in [0.3, 0.4) is 0 Å². The van der Waals surface area contributed by atoms with Crippen molar-refractivity contribution in [1.29, 1.82) is 0 Å². The molecule has 0 bridgehead atoms. The Labute approximate surface area is 201 Å². The second-order valence-corrected chi connectivity index (χ2v) is 9.70. The predicted molar refractivity (Wildman–Crippen MR) is 132 cm³/mol. The van der Waals surface area contributed by atoms with E-state index < -0.39 is 0 Å². The van der Waals surface area contributed by atoms with Crippen molar-refractivity contribution in [2.45, 2.75) is 52.0 Å². The summed E-state index contributed by atoms with van der Waals surface area (Å²) in [4.78, 5) is 30.7. The van der Waals surface area contributed by atoms with Crippen LogP contribution in [0.15, 0.2) is 35.7 Å². The number of carbonyl (C=O) groups is 2. The van der Waals surface area contributed by atoms with E-state index in [1.807, 2.05) is 24.0 Å². The van der Waals surface area contributed by atoms with Crippen molar-refractivity contribution < 1.29 is 19.1 Å². The van der Waals surface area contributed by atoms with Gasteiger partial charge in [-0.05, 0) is 53.5 Å². The van der Waals surface area contributed by atoms with E-state index in [0.29, 0.717) is 45.1 Å². The Morgan fingerprint density at radius 3 is 2.64 bits per heavy atom. The smallest absolute Gasteiger partial charge is 0.242 e. The third kappa shape index (κ3) is 6.58. The van der Waals surface area contributed by atoms with Gasteiger partial charge in [-0.2, -0.15) is 0 Å². The van der Waals surface area contributed by atoms with E-state index in [2.05, 4.69) is 37.4 Å². The molecule has 1 aliphatic rings. The lowest BCUT2D eigenvalue weighted by molar-refractivity contribution is -0.142. The molecule has 1 aliphatic heterocycles. The number of hydrogen-bond donors (Lipinski definition) is 0. The molecule has 0 saturated carbocycles. The molecule has 0 fully saturated rings. The van der Waals surface area contributed by atoms with Gasteiger partial charge >= 0.3 is 0 Å². The van der Waals surface area contributed by atoms with Crippen LogP contribution in [0.5, 0.6) is 5.75 Å². The fourth-order valence-electron chi connectivity index (χ4n) is 4.17. The third-order valence-electron chi connectivity index (χ3n) is 6.13. The summed E-state index contributed by atoms with van der Waals surface area (Å²) in [6.45, 7) is 8.37. The maximum absolute atomic E-state index is 13.4. The normalized spacial score (nSPS) is 15.4. The highest BCUT2D eigenvalue weighted by molar-refractivity contribution is 7.10. The van der Waals surface area contributed by atoms with Crippen LogP contribution < -0.4 is 4.74 Å². The summed E-state index contributed by atoms with van der Waals surface area (Å²) >= 11 is 1.73. The minimum absolute atomic E-state index is 0.00859. The average Bonchev–Trinajstić information content (AvgIpc) is 3.30. The van der Waals surface area contributed by atoms with Gasteiger partial charge in [-0.15, -0.1) is 11.3 Å². The molecule has 0 spiro atoms. The Hall–Kier alpha value is -2.38. The number of ether oxygens (including phenoxy) is 2. The molecule has 0 N–H and O–H groups in total. The largest absolute Gasteiger partial charge is 0.491 e. The van der Waals surface area contributed by atoms with Gasteiger partial charge in [0.25, 0.3) is 0 Å². The molecule has 0 radical (unpaired) electrons. The molecule has 2 amide bonds. The highest BCUT2D eigenvalue weighted by Gasteiger charge is 2.33. The lowest BCUT2D eigenvalue weighted by Crippen LogP contribution is -2.48. The number of fused-ring (bicyclic) bond motifs is 1. The number of amides is 2. The zero-order valence-electron chi connectivity index (χ0n) is 20.2. The van der Waals surface area contributed by atoms with E-state index in [0.717, 1.165) is 17.7 Å². The molecule has 0 saturated heterocycles. The first kappa shape index (κ1) is 25.2. The van der Waals surface area contributed by atoms with Gasteiger partial charge < -0.3 is 19.3 Å². The van der Waals surface area contributed by atoms with Crippen molar-refractivity contribution in [1.82, 2.24) is 9.80 Å². The molecular weight excluding hydrogens is 436 g/mol. The quantitative estimate of drug-likeness (QED) is 0.447. The Bertz CT molecular complexity index is 909. The number of rotatable bonds is 11. The van der Waals surface area contributed by atoms with Crippen LogP contribution in [0, 0.1) is 0 Å². The zero-order chi connectivity index (χ0) is 23.8. The van der Waals surface area contributed by atoms with Crippen LogP contribution in [0.4, 0.5) is 0 Å². The molecular formula is C26H36N2O4S. The van der Waals surface area contributed by atoms with Crippen LogP contribution in [-0.2, 0) is 20.7 Å². The molecule has 1 aromatic carbocycles. The van der Waals surface area contributed by atoms with Crippen molar-refractivity contribution in [3.63, 3.8) is 0 Å². The first-order chi connectivity index (χ1) is 15.9. The number of hydrogen-bond acceptors (Lipinski definition) is 5. The molecule has 33 heavy (non-hydrogen) atoms. The second-order valence-electron chi connectivity index (χ2n) is 8.70. The van der Waals surface area contributed by atoms with Crippen molar-refractivity contribution in [3.8, 4) is 5.75 Å². The lowest BCUT2D eigenvalue weighted by atomic mass is 10.00. The zero-order valence-corrected chi connectivity index (χ0v) is 21.0. The highest BCUT2D eigenvalue weighted by atomic mass is 32.1. The predicted octanol–water partition coefficient (Wildman–Crippen LogP) is 4.65. The number of nitrogens with zero attached hydrogens (tertiary/aromatic N) is 2. The maximum Gasteiger partial charge on any atom is 0.242 e. The molecule has 6 nitrogen and oxygen atoms in total. The molecule has 0 unspecified atom stereocenters. The summed E-state index contributed by atoms with van der Waals surface area (Å²) in [5, 5.41) is 2.08. The average molecular weight is 473 g/mol. The maximum atomic E-state index is 13.4. The minimum atomic E-state index is -0.158. The number of benzene rings is 1. The van der Waals surface area contributed by atoms with Crippen LogP contribution in [0.1, 0.15) is 61.6 Å². The lowest BCUT2D eigenvalue weighted by Gasteiger charge is -2.37. The van der Waals surface area contributed by atoms with Gasteiger partial charge in [0, 0.05) is 38.1 Å². The standard InChI is InChI=1S/C26H36N2O4S/c1-5-25(29)27(13-6-15-31-4)17-26(30)28-14-11-24-22(12-16-33-24)23(28)18-32-21-9-7-20(8-10-21)19(2)3/h7-10,12,16,19,23H,5-6,11,13-15,17-18H2,1-4H3/t23-/m1/s1. The Morgan fingerprint density at radius 1 is 1.21 bits per heavy atom. The Balaban J connectivity index is 1.72. The fraction of sp³-hybridized carbons (Fsp3) is 0.538. The van der Waals surface area contributed by atoms with Gasteiger partial charge in [-0.25, -0.2) is 0 Å². The van der Waals surface area contributed by atoms with E-state index in [1.165, 1.54) is 10.4 Å². The van der Waals surface area contributed by atoms with Crippen LogP contribution in [-0.4, -0.2) is 61.6 Å².